The van der Waals surface area contributed by atoms with Crippen LogP contribution in [0.2, 0.25) is 0 Å². The molecule has 2 N–H and O–H groups in total. The summed E-state index contributed by atoms with van der Waals surface area (Å²) in [6, 6.07) is 0. The second-order valence-electron chi connectivity index (χ2n) is 3.32. The van der Waals surface area contributed by atoms with Gasteiger partial charge in [-0.25, -0.2) is 14.1 Å². The van der Waals surface area contributed by atoms with Gasteiger partial charge in [-0.15, -0.1) is 11.3 Å². The van der Waals surface area contributed by atoms with Crippen LogP contribution in [0.1, 0.15) is 10.7 Å². The highest BCUT2D eigenvalue weighted by molar-refractivity contribution is 7.15. The Morgan fingerprint density at radius 1 is 1.40 bits per heavy atom. The maximum atomic E-state index is 13.7. The van der Waals surface area contributed by atoms with E-state index in [0.717, 1.165) is 15.6 Å². The van der Waals surface area contributed by atoms with Crippen molar-refractivity contribution in [2.24, 2.45) is 7.05 Å². The van der Waals surface area contributed by atoms with Crippen molar-refractivity contribution in [3.05, 3.63) is 16.5 Å². The third-order valence-corrected chi connectivity index (χ3v) is 3.23. The molecule has 0 radical (unpaired) electrons. The zero-order chi connectivity index (χ0) is 11.2. The molecule has 15 heavy (non-hydrogen) atoms. The molecule has 0 aliphatic heterocycles. The standard InChI is InChI=1S/C9H11FN4S/c1-4-8(15-5(2)12-4)7-6(10)9(11)14(3)13-7/h11H2,1-3H3. The molecule has 0 amide bonds. The zero-order valence-corrected chi connectivity index (χ0v) is 9.52. The Labute approximate surface area is 90.6 Å². The number of hydrogen-bond acceptors (Lipinski definition) is 4. The van der Waals surface area contributed by atoms with Crippen LogP contribution in [-0.4, -0.2) is 14.8 Å². The molecule has 0 saturated heterocycles. The molecule has 0 unspecified atom stereocenters. The van der Waals surface area contributed by atoms with Crippen LogP contribution >= 0.6 is 11.3 Å². The van der Waals surface area contributed by atoms with Gasteiger partial charge in [0.1, 0.15) is 5.69 Å². The summed E-state index contributed by atoms with van der Waals surface area (Å²) >= 11 is 1.42. The fraction of sp³-hybridized carbons (Fsp3) is 0.333. The largest absolute Gasteiger partial charge is 0.381 e. The molecule has 0 spiro atoms. The minimum Gasteiger partial charge on any atom is -0.381 e. The molecular formula is C9H11FN4S. The van der Waals surface area contributed by atoms with Gasteiger partial charge in [-0.2, -0.15) is 5.10 Å². The zero-order valence-electron chi connectivity index (χ0n) is 8.71. The number of thiazole rings is 1. The first kappa shape index (κ1) is 10.1. The number of rotatable bonds is 1. The predicted molar refractivity (Wildman–Crippen MR) is 58.2 cm³/mol. The summed E-state index contributed by atoms with van der Waals surface area (Å²) in [5.41, 5.74) is 6.58. The van der Waals surface area contributed by atoms with E-state index in [-0.39, 0.29) is 11.5 Å². The van der Waals surface area contributed by atoms with Crippen molar-refractivity contribution in [1.29, 1.82) is 0 Å². The molecule has 2 aromatic rings. The highest BCUT2D eigenvalue weighted by Gasteiger charge is 2.19. The van der Waals surface area contributed by atoms with Gasteiger partial charge in [-0.1, -0.05) is 0 Å². The summed E-state index contributed by atoms with van der Waals surface area (Å²) in [5.74, 6) is -0.417. The van der Waals surface area contributed by atoms with E-state index in [0.29, 0.717) is 0 Å². The topological polar surface area (TPSA) is 56.7 Å². The van der Waals surface area contributed by atoms with E-state index in [1.807, 2.05) is 13.8 Å². The molecular weight excluding hydrogens is 215 g/mol. The molecule has 0 aromatic carbocycles. The van der Waals surface area contributed by atoms with Crippen molar-refractivity contribution < 1.29 is 4.39 Å². The van der Waals surface area contributed by atoms with Gasteiger partial charge < -0.3 is 5.73 Å². The van der Waals surface area contributed by atoms with E-state index in [1.54, 1.807) is 7.05 Å². The smallest absolute Gasteiger partial charge is 0.193 e. The van der Waals surface area contributed by atoms with Gasteiger partial charge >= 0.3 is 0 Å². The number of anilines is 1. The Morgan fingerprint density at radius 2 is 2.07 bits per heavy atom. The second kappa shape index (κ2) is 3.30. The van der Waals surface area contributed by atoms with Gasteiger partial charge in [0.05, 0.1) is 15.6 Å². The third kappa shape index (κ3) is 1.50. The maximum absolute atomic E-state index is 13.7. The van der Waals surface area contributed by atoms with E-state index in [2.05, 4.69) is 10.1 Å². The van der Waals surface area contributed by atoms with Gasteiger partial charge in [-0.3, -0.25) is 0 Å². The number of hydrogen-bond donors (Lipinski definition) is 1. The first-order valence-electron chi connectivity index (χ1n) is 4.43. The van der Waals surface area contributed by atoms with E-state index in [9.17, 15) is 4.39 Å². The lowest BCUT2D eigenvalue weighted by atomic mass is 10.3. The van der Waals surface area contributed by atoms with Crippen LogP contribution in [0.5, 0.6) is 0 Å². The van der Waals surface area contributed by atoms with E-state index < -0.39 is 5.82 Å². The summed E-state index contributed by atoms with van der Waals surface area (Å²) in [7, 11) is 1.62. The number of nitrogens with two attached hydrogens (primary N) is 1. The number of aromatic nitrogens is 3. The highest BCUT2D eigenvalue weighted by Crippen LogP contribution is 2.32. The van der Waals surface area contributed by atoms with Crippen molar-refractivity contribution in [3.8, 4) is 10.6 Å². The van der Waals surface area contributed by atoms with Crippen LogP contribution in [0.15, 0.2) is 0 Å². The molecule has 6 heteroatoms. The summed E-state index contributed by atoms with van der Waals surface area (Å²) in [5, 5.41) is 4.94. The molecule has 80 valence electrons. The fourth-order valence-electron chi connectivity index (χ4n) is 1.41. The average Bonchev–Trinajstić information content (AvgIpc) is 2.61. The number of nitrogens with zero attached hydrogens (tertiary/aromatic N) is 3. The Hall–Kier alpha value is -1.43. The number of halogens is 1. The van der Waals surface area contributed by atoms with Crippen molar-refractivity contribution >= 4 is 17.2 Å². The summed E-state index contributed by atoms with van der Waals surface area (Å²) in [6.07, 6.45) is 0. The number of aryl methyl sites for hydroxylation is 3. The predicted octanol–water partition coefficient (Wildman–Crippen LogP) is 1.88. The molecule has 0 aliphatic carbocycles. The van der Waals surface area contributed by atoms with E-state index >= 15 is 0 Å². The third-order valence-electron chi connectivity index (χ3n) is 2.15. The molecule has 2 aromatic heterocycles. The normalized spacial score (nSPS) is 10.9. The monoisotopic (exact) mass is 226 g/mol. The number of nitrogen functional groups attached to an aromatic ring is 1. The lowest BCUT2D eigenvalue weighted by Gasteiger charge is -1.91. The van der Waals surface area contributed by atoms with Crippen LogP contribution in [0.3, 0.4) is 0 Å². The quantitative estimate of drug-likeness (QED) is 0.807. The van der Waals surface area contributed by atoms with Gasteiger partial charge in [0, 0.05) is 7.05 Å². The first-order chi connectivity index (χ1) is 7.00. The molecule has 0 atom stereocenters. The van der Waals surface area contributed by atoms with E-state index in [4.69, 9.17) is 5.73 Å². The highest BCUT2D eigenvalue weighted by atomic mass is 32.1. The summed E-state index contributed by atoms with van der Waals surface area (Å²) < 4.78 is 15.0. The van der Waals surface area contributed by atoms with Crippen molar-refractivity contribution in [2.45, 2.75) is 13.8 Å². The van der Waals surface area contributed by atoms with Crippen molar-refractivity contribution in [2.75, 3.05) is 5.73 Å². The molecule has 2 heterocycles. The summed E-state index contributed by atoms with van der Waals surface area (Å²) in [6.45, 7) is 3.72. The average molecular weight is 226 g/mol. The van der Waals surface area contributed by atoms with Crippen LogP contribution in [0.25, 0.3) is 10.6 Å². The van der Waals surface area contributed by atoms with Crippen molar-refractivity contribution in [1.82, 2.24) is 14.8 Å². The maximum Gasteiger partial charge on any atom is 0.193 e. The van der Waals surface area contributed by atoms with Crippen LogP contribution in [0, 0.1) is 19.7 Å². The molecule has 0 fully saturated rings. The lowest BCUT2D eigenvalue weighted by molar-refractivity contribution is 0.634. The molecule has 0 saturated carbocycles. The SMILES string of the molecule is Cc1nc(C)c(-c2nn(C)c(N)c2F)s1. The fourth-order valence-corrected chi connectivity index (χ4v) is 2.31. The van der Waals surface area contributed by atoms with Crippen molar-refractivity contribution in [3.63, 3.8) is 0 Å². The van der Waals surface area contributed by atoms with Gasteiger partial charge in [0.15, 0.2) is 11.6 Å². The Bertz CT molecular complexity index is 514. The first-order valence-corrected chi connectivity index (χ1v) is 5.24. The van der Waals surface area contributed by atoms with Gasteiger partial charge in [0.2, 0.25) is 0 Å². The Balaban J connectivity index is 2.64. The molecule has 0 aliphatic rings. The Morgan fingerprint density at radius 3 is 2.47 bits per heavy atom. The van der Waals surface area contributed by atoms with Crippen LogP contribution < -0.4 is 5.73 Å². The summed E-state index contributed by atoms with van der Waals surface area (Å²) in [4.78, 5) is 4.98. The van der Waals surface area contributed by atoms with Gasteiger partial charge in [0.25, 0.3) is 0 Å². The minimum atomic E-state index is -0.468. The molecule has 2 rings (SSSR count). The Kier molecular flexibility index (Phi) is 2.22. The molecule has 0 bridgehead atoms. The van der Waals surface area contributed by atoms with Gasteiger partial charge in [-0.05, 0) is 13.8 Å². The minimum absolute atomic E-state index is 0.0513. The van der Waals surface area contributed by atoms with E-state index in [1.165, 1.54) is 16.0 Å². The molecule has 4 nitrogen and oxygen atoms in total. The second-order valence-corrected chi connectivity index (χ2v) is 4.52. The van der Waals surface area contributed by atoms with Crippen LogP contribution in [0.4, 0.5) is 10.2 Å². The van der Waals surface area contributed by atoms with Crippen LogP contribution in [-0.2, 0) is 7.05 Å². The lowest BCUT2D eigenvalue weighted by Crippen LogP contribution is -1.97.